The van der Waals surface area contributed by atoms with Gasteiger partial charge in [-0.2, -0.15) is 0 Å². The molecule has 2 bridgehead atoms. The number of esters is 1. The van der Waals surface area contributed by atoms with Crippen molar-refractivity contribution in [3.63, 3.8) is 0 Å². The molecule has 3 rings (SSSR count). The van der Waals surface area contributed by atoms with Crippen molar-refractivity contribution >= 4 is 17.7 Å². The Morgan fingerprint density at radius 2 is 1.73 bits per heavy atom. The summed E-state index contributed by atoms with van der Waals surface area (Å²) in [7, 11) is 1.57. The first-order chi connectivity index (χ1) is 21.1. The predicted octanol–water partition coefficient (Wildman–Crippen LogP) is 5.56. The molecular formula is C35H59NO8. The van der Waals surface area contributed by atoms with E-state index in [-0.39, 0.29) is 18.9 Å². The van der Waals surface area contributed by atoms with Crippen LogP contribution in [0.4, 0.5) is 0 Å². The molecular weight excluding hydrogens is 562 g/mol. The normalized spacial score (nSPS) is 33.5. The molecule has 0 aliphatic carbocycles. The number of ether oxygens (including phenoxy) is 3. The first-order valence-electron chi connectivity index (χ1n) is 17.0. The average molecular weight is 622 g/mol. The number of hydrogen-bond donors (Lipinski definition) is 3. The Hall–Kier alpha value is -2.07. The molecule has 8 unspecified atom stereocenters. The van der Waals surface area contributed by atoms with Gasteiger partial charge in [-0.3, -0.25) is 14.4 Å². The second kappa shape index (κ2) is 20.9. The molecule has 3 heterocycles. The number of aliphatic hydroxyl groups excluding tert-OH is 2. The lowest BCUT2D eigenvalue weighted by atomic mass is 9.92. The monoisotopic (exact) mass is 621 g/mol. The molecule has 1 amide bonds. The van der Waals surface area contributed by atoms with Crippen molar-refractivity contribution in [3.8, 4) is 0 Å². The summed E-state index contributed by atoms with van der Waals surface area (Å²) in [5.41, 5.74) is 0.985. The third-order valence-electron chi connectivity index (χ3n) is 8.90. The molecule has 0 radical (unpaired) electrons. The summed E-state index contributed by atoms with van der Waals surface area (Å²) in [6.07, 6.45) is 12.0. The van der Waals surface area contributed by atoms with Gasteiger partial charge >= 0.3 is 5.97 Å². The molecule has 0 aromatic heterocycles. The lowest BCUT2D eigenvalue weighted by Crippen LogP contribution is -2.44. The zero-order chi connectivity index (χ0) is 32.5. The van der Waals surface area contributed by atoms with Crippen LogP contribution < -0.4 is 5.32 Å². The molecule has 44 heavy (non-hydrogen) atoms. The van der Waals surface area contributed by atoms with E-state index in [9.17, 15) is 24.6 Å². The van der Waals surface area contributed by atoms with E-state index in [1.807, 2.05) is 26.0 Å². The Bertz CT molecular complexity index is 934. The van der Waals surface area contributed by atoms with Crippen molar-refractivity contribution in [2.45, 2.75) is 148 Å². The van der Waals surface area contributed by atoms with Gasteiger partial charge < -0.3 is 29.7 Å². The van der Waals surface area contributed by atoms with E-state index in [0.29, 0.717) is 62.6 Å². The third-order valence-corrected chi connectivity index (χ3v) is 8.90. The molecule has 0 aromatic carbocycles. The fourth-order valence-corrected chi connectivity index (χ4v) is 6.09. The third kappa shape index (κ3) is 13.9. The van der Waals surface area contributed by atoms with Gasteiger partial charge in [-0.25, -0.2) is 0 Å². The number of rotatable bonds is 4. The quantitative estimate of drug-likeness (QED) is 0.348. The van der Waals surface area contributed by atoms with Crippen molar-refractivity contribution in [3.05, 3.63) is 23.8 Å². The number of nitrogens with one attached hydrogen (secondary N) is 1. The Balaban J connectivity index is 2.11. The molecule has 9 heteroatoms. The molecule has 0 aromatic rings. The van der Waals surface area contributed by atoms with Crippen LogP contribution in [-0.2, 0) is 28.6 Å². The van der Waals surface area contributed by atoms with E-state index in [1.54, 1.807) is 7.11 Å². The van der Waals surface area contributed by atoms with Crippen LogP contribution in [0.15, 0.2) is 23.8 Å². The Morgan fingerprint density at radius 3 is 2.43 bits per heavy atom. The largest absolute Gasteiger partial charge is 0.452 e. The second-order valence-electron chi connectivity index (χ2n) is 12.9. The van der Waals surface area contributed by atoms with Gasteiger partial charge in [0.05, 0.1) is 24.2 Å². The van der Waals surface area contributed by atoms with Gasteiger partial charge in [-0.1, -0.05) is 65.2 Å². The number of methoxy groups -OCH3 is 1. The van der Waals surface area contributed by atoms with Crippen LogP contribution in [0.2, 0.25) is 0 Å². The fourth-order valence-electron chi connectivity index (χ4n) is 6.09. The molecule has 3 aliphatic heterocycles. The fraction of sp³-hybridized carbons (Fsp3) is 0.800. The van der Waals surface area contributed by atoms with E-state index < -0.39 is 42.6 Å². The van der Waals surface area contributed by atoms with Crippen molar-refractivity contribution in [1.82, 2.24) is 5.32 Å². The van der Waals surface area contributed by atoms with Crippen molar-refractivity contribution in [1.29, 1.82) is 0 Å². The van der Waals surface area contributed by atoms with Crippen LogP contribution in [-0.4, -0.2) is 72.2 Å². The van der Waals surface area contributed by atoms with Gasteiger partial charge in [0.2, 0.25) is 0 Å². The lowest BCUT2D eigenvalue weighted by Gasteiger charge is -2.34. The topological polar surface area (TPSA) is 131 Å². The number of ketones is 1. The maximum absolute atomic E-state index is 12.9. The highest BCUT2D eigenvalue weighted by atomic mass is 16.7. The maximum atomic E-state index is 12.9. The molecule has 9 nitrogen and oxygen atoms in total. The van der Waals surface area contributed by atoms with Crippen molar-refractivity contribution in [2.75, 3.05) is 13.7 Å². The molecule has 0 spiro atoms. The Kier molecular flexibility index (Phi) is 18.1. The van der Waals surface area contributed by atoms with Crippen LogP contribution in [0.3, 0.4) is 0 Å². The highest BCUT2D eigenvalue weighted by molar-refractivity contribution is 5.84. The van der Waals surface area contributed by atoms with Crippen molar-refractivity contribution < 1.29 is 38.8 Å². The van der Waals surface area contributed by atoms with Crippen molar-refractivity contribution in [2.24, 2.45) is 17.8 Å². The minimum absolute atomic E-state index is 0.0220. The second-order valence-corrected chi connectivity index (χ2v) is 12.9. The SMILES string of the molecule is CCCC1OC(=O)C(C)CC(C)CCCCC(=O)CCCC(CC)C=CC=C2CCC(OC2OC)C(O)CC(O)CNC1=O. The summed E-state index contributed by atoms with van der Waals surface area (Å²) in [6, 6.07) is 0. The summed E-state index contributed by atoms with van der Waals surface area (Å²) in [4.78, 5) is 38.2. The first-order valence-corrected chi connectivity index (χ1v) is 17.0. The van der Waals surface area contributed by atoms with Crippen LogP contribution in [0.25, 0.3) is 0 Å². The number of hydrogen-bond acceptors (Lipinski definition) is 8. The highest BCUT2D eigenvalue weighted by Crippen LogP contribution is 2.28. The van der Waals surface area contributed by atoms with E-state index in [1.165, 1.54) is 0 Å². The summed E-state index contributed by atoms with van der Waals surface area (Å²) in [5, 5.41) is 24.1. The Labute approximate surface area is 265 Å². The zero-order valence-corrected chi connectivity index (χ0v) is 27.8. The van der Waals surface area contributed by atoms with Crippen LogP contribution in [0.1, 0.15) is 118 Å². The zero-order valence-electron chi connectivity index (χ0n) is 27.8. The van der Waals surface area contributed by atoms with E-state index in [2.05, 4.69) is 25.2 Å². The number of carbonyl (C=O) groups is 3. The minimum Gasteiger partial charge on any atom is -0.452 e. The molecule has 8 atom stereocenters. The predicted molar refractivity (Wildman–Crippen MR) is 171 cm³/mol. The van der Waals surface area contributed by atoms with Gasteiger partial charge in [0, 0.05) is 32.9 Å². The van der Waals surface area contributed by atoms with E-state index in [0.717, 1.165) is 44.1 Å². The maximum Gasteiger partial charge on any atom is 0.309 e. The number of carbonyl (C=O) groups excluding carboxylic acids is 3. The van der Waals surface area contributed by atoms with Gasteiger partial charge in [-0.15, -0.1) is 0 Å². The van der Waals surface area contributed by atoms with Gasteiger partial charge in [0.15, 0.2) is 12.4 Å². The summed E-state index contributed by atoms with van der Waals surface area (Å²) in [5.74, 6) is -0.205. The molecule has 252 valence electrons. The molecule has 1 saturated heterocycles. The molecule has 3 N–H and O–H groups in total. The van der Waals surface area contributed by atoms with Gasteiger partial charge in [0.25, 0.3) is 5.91 Å². The standard InChI is InChI=1S/C35H59NO8/c1-6-12-32-33(40)36-23-29(38)22-30(39)31-20-19-27(35(42-5)44-31)16-10-14-26(7-2)15-11-18-28(37)17-9-8-13-24(3)21-25(4)34(41)43-32/h10,14,16,24-26,29-32,35,38-39H,6-9,11-13,15,17-23H2,1-5H3,(H,36,40). The lowest BCUT2D eigenvalue weighted by molar-refractivity contribution is -0.181. The minimum atomic E-state index is -0.996. The Morgan fingerprint density at radius 1 is 0.977 bits per heavy atom. The first kappa shape index (κ1) is 38.1. The summed E-state index contributed by atoms with van der Waals surface area (Å²) in [6.45, 7) is 7.94. The molecule has 0 saturated carbocycles. The van der Waals surface area contributed by atoms with Crippen LogP contribution in [0.5, 0.6) is 0 Å². The summed E-state index contributed by atoms with van der Waals surface area (Å²) < 4.78 is 17.2. The smallest absolute Gasteiger partial charge is 0.309 e. The number of amides is 1. The van der Waals surface area contributed by atoms with Crippen LogP contribution >= 0.6 is 0 Å². The molecule has 3 aliphatic rings. The number of allylic oxidation sites excluding steroid dienone is 3. The molecule has 1 fully saturated rings. The van der Waals surface area contributed by atoms with Crippen LogP contribution in [0, 0.1) is 17.8 Å². The number of fused-ring (bicyclic) bond motifs is 24. The van der Waals surface area contributed by atoms with E-state index >= 15 is 0 Å². The van der Waals surface area contributed by atoms with E-state index in [4.69, 9.17) is 14.2 Å². The number of Topliss-reactive ketones (excluding diaryl/α,β-unsaturated/α-hetero) is 1. The van der Waals surface area contributed by atoms with Gasteiger partial charge in [-0.05, 0) is 68.8 Å². The summed E-state index contributed by atoms with van der Waals surface area (Å²) >= 11 is 0. The highest BCUT2D eigenvalue weighted by Gasteiger charge is 2.32. The number of aliphatic hydroxyl groups is 2. The van der Waals surface area contributed by atoms with Gasteiger partial charge in [0.1, 0.15) is 5.78 Å². The average Bonchev–Trinajstić information content (AvgIpc) is 3.00.